The van der Waals surface area contributed by atoms with Crippen molar-refractivity contribution in [2.75, 3.05) is 11.1 Å². The van der Waals surface area contributed by atoms with Crippen LogP contribution in [0.3, 0.4) is 0 Å². The lowest BCUT2D eigenvalue weighted by Gasteiger charge is -2.09. The minimum atomic E-state index is -0.385. The van der Waals surface area contributed by atoms with Crippen LogP contribution in [0, 0.1) is 12.7 Å². The Balaban J connectivity index is 1.74. The van der Waals surface area contributed by atoms with E-state index in [1.807, 2.05) is 41.8 Å². The molecule has 0 saturated heterocycles. The Kier molecular flexibility index (Phi) is 5.62. The summed E-state index contributed by atoms with van der Waals surface area (Å²) >= 11 is 1.29. The number of hydrogen-bond donors (Lipinski definition) is 1. The van der Waals surface area contributed by atoms with Crippen molar-refractivity contribution in [1.82, 2.24) is 19.7 Å². The van der Waals surface area contributed by atoms with Gasteiger partial charge in [-0.25, -0.2) is 4.39 Å². The highest BCUT2D eigenvalue weighted by atomic mass is 32.2. The maximum absolute atomic E-state index is 13.8. The molecule has 1 N–H and O–H groups in total. The van der Waals surface area contributed by atoms with E-state index < -0.39 is 0 Å². The molecule has 0 atom stereocenters. The van der Waals surface area contributed by atoms with Crippen molar-refractivity contribution in [2.24, 2.45) is 0 Å². The van der Waals surface area contributed by atoms with Gasteiger partial charge in [0.1, 0.15) is 5.82 Å². The number of anilines is 1. The molecule has 0 fully saturated rings. The minimum absolute atomic E-state index is 0.128. The normalized spacial score (nSPS) is 10.7. The molecule has 0 unspecified atom stereocenters. The molecule has 2 aromatic heterocycles. The van der Waals surface area contributed by atoms with Crippen molar-refractivity contribution in [3.63, 3.8) is 0 Å². The van der Waals surface area contributed by atoms with E-state index in [2.05, 4.69) is 20.5 Å². The molecular weight excluding hydrogens is 353 g/mol. The first kappa shape index (κ1) is 18.1. The lowest BCUT2D eigenvalue weighted by molar-refractivity contribution is -0.113. The van der Waals surface area contributed by atoms with Crippen LogP contribution in [-0.4, -0.2) is 31.4 Å². The van der Waals surface area contributed by atoms with Crippen LogP contribution in [0.4, 0.5) is 10.1 Å². The molecule has 3 aromatic rings. The number of pyridine rings is 1. The van der Waals surface area contributed by atoms with Gasteiger partial charge in [0, 0.05) is 24.0 Å². The lowest BCUT2D eigenvalue weighted by atomic mass is 10.1. The number of para-hydroxylation sites is 1. The van der Waals surface area contributed by atoms with Gasteiger partial charge in [0.2, 0.25) is 5.91 Å². The van der Waals surface area contributed by atoms with Crippen molar-refractivity contribution in [3.05, 3.63) is 54.1 Å². The summed E-state index contributed by atoms with van der Waals surface area (Å²) in [5.74, 6) is 0.234. The third-order valence-electron chi connectivity index (χ3n) is 3.82. The van der Waals surface area contributed by atoms with E-state index in [0.29, 0.717) is 28.7 Å². The highest BCUT2D eigenvalue weighted by molar-refractivity contribution is 7.99. The summed E-state index contributed by atoms with van der Waals surface area (Å²) < 4.78 is 15.6. The summed E-state index contributed by atoms with van der Waals surface area (Å²) in [6.07, 6.45) is 2.75. The number of aromatic nitrogens is 4. The van der Waals surface area contributed by atoms with Crippen molar-refractivity contribution < 1.29 is 9.18 Å². The highest BCUT2D eigenvalue weighted by Gasteiger charge is 2.17. The van der Waals surface area contributed by atoms with Crippen LogP contribution in [0.2, 0.25) is 0 Å². The molecule has 6 nitrogen and oxygen atoms in total. The average molecular weight is 371 g/mol. The van der Waals surface area contributed by atoms with Crippen molar-refractivity contribution >= 4 is 23.4 Å². The van der Waals surface area contributed by atoms with Gasteiger partial charge in [-0.05, 0) is 31.5 Å². The lowest BCUT2D eigenvalue weighted by Crippen LogP contribution is -2.14. The van der Waals surface area contributed by atoms with Crippen molar-refractivity contribution in [1.29, 1.82) is 0 Å². The second-order valence-electron chi connectivity index (χ2n) is 5.55. The van der Waals surface area contributed by atoms with Crippen LogP contribution >= 0.6 is 11.8 Å². The minimum Gasteiger partial charge on any atom is -0.325 e. The molecule has 1 amide bonds. The number of amides is 1. The van der Waals surface area contributed by atoms with Crippen LogP contribution in [0.5, 0.6) is 0 Å². The number of hydrogen-bond acceptors (Lipinski definition) is 5. The largest absolute Gasteiger partial charge is 0.325 e. The number of carbonyl (C=O) groups is 1. The smallest absolute Gasteiger partial charge is 0.234 e. The van der Waals surface area contributed by atoms with Gasteiger partial charge in [-0.15, -0.1) is 10.2 Å². The Morgan fingerprint density at radius 3 is 2.73 bits per heavy atom. The molecule has 2 heterocycles. The summed E-state index contributed by atoms with van der Waals surface area (Å²) in [6.45, 7) is 4.23. The molecule has 0 aliphatic carbocycles. The zero-order valence-corrected chi connectivity index (χ0v) is 15.3. The van der Waals surface area contributed by atoms with E-state index >= 15 is 0 Å². The monoisotopic (exact) mass is 371 g/mol. The number of halogens is 1. The quantitative estimate of drug-likeness (QED) is 0.671. The molecule has 3 rings (SSSR count). The van der Waals surface area contributed by atoms with Gasteiger partial charge in [0.05, 0.1) is 11.9 Å². The molecule has 0 spiro atoms. The Hall–Kier alpha value is -2.74. The van der Waals surface area contributed by atoms with Gasteiger partial charge in [-0.1, -0.05) is 30.0 Å². The predicted molar refractivity (Wildman–Crippen MR) is 99.4 cm³/mol. The van der Waals surface area contributed by atoms with Gasteiger partial charge >= 0.3 is 0 Å². The molecular formula is C18H18FN5OS. The second kappa shape index (κ2) is 8.09. The van der Waals surface area contributed by atoms with E-state index in [0.717, 1.165) is 5.69 Å². The molecule has 26 heavy (non-hydrogen) atoms. The van der Waals surface area contributed by atoms with Gasteiger partial charge in [-0.2, -0.15) is 0 Å². The number of rotatable bonds is 6. The zero-order valence-electron chi connectivity index (χ0n) is 14.4. The molecule has 134 valence electrons. The molecule has 8 heteroatoms. The fraction of sp³-hybridized carbons (Fsp3) is 0.222. The van der Waals surface area contributed by atoms with Crippen molar-refractivity contribution in [2.45, 2.75) is 25.5 Å². The standard InChI is InChI=1S/C18H18FN5OS/c1-3-24-17(14-9-20-10-15(19)12(14)2)22-23-18(24)26-11-16(25)21-13-7-5-4-6-8-13/h4-10H,3,11H2,1-2H3,(H,21,25). The van der Waals surface area contributed by atoms with E-state index in [9.17, 15) is 9.18 Å². The molecule has 1 aromatic carbocycles. The Labute approximate surface area is 154 Å². The predicted octanol–water partition coefficient (Wildman–Crippen LogP) is 3.54. The van der Waals surface area contributed by atoms with Crippen LogP contribution < -0.4 is 5.32 Å². The van der Waals surface area contributed by atoms with E-state index in [-0.39, 0.29) is 17.5 Å². The highest BCUT2D eigenvalue weighted by Crippen LogP contribution is 2.26. The Morgan fingerprint density at radius 2 is 2.00 bits per heavy atom. The van der Waals surface area contributed by atoms with Crippen LogP contribution in [0.1, 0.15) is 12.5 Å². The summed E-state index contributed by atoms with van der Waals surface area (Å²) in [7, 11) is 0. The number of nitrogens with one attached hydrogen (secondary N) is 1. The van der Waals surface area contributed by atoms with Crippen LogP contribution in [0.15, 0.2) is 47.9 Å². The summed E-state index contributed by atoms with van der Waals surface area (Å²) in [5, 5.41) is 11.8. The Morgan fingerprint density at radius 1 is 1.23 bits per heavy atom. The van der Waals surface area contributed by atoms with Gasteiger partial charge in [-0.3, -0.25) is 9.78 Å². The number of nitrogens with zero attached hydrogens (tertiary/aromatic N) is 4. The van der Waals surface area contributed by atoms with E-state index in [1.54, 1.807) is 13.1 Å². The summed E-state index contributed by atoms with van der Waals surface area (Å²) in [4.78, 5) is 16.0. The molecule has 0 saturated carbocycles. The summed E-state index contributed by atoms with van der Waals surface area (Å²) in [6, 6.07) is 9.26. The molecule has 0 aliphatic rings. The first-order chi connectivity index (χ1) is 12.6. The Bertz CT molecular complexity index is 913. The van der Waals surface area contributed by atoms with Crippen LogP contribution in [-0.2, 0) is 11.3 Å². The number of carbonyl (C=O) groups excluding carboxylic acids is 1. The third kappa shape index (κ3) is 3.91. The van der Waals surface area contributed by atoms with Crippen molar-refractivity contribution in [3.8, 4) is 11.4 Å². The van der Waals surface area contributed by atoms with Gasteiger partial charge < -0.3 is 9.88 Å². The molecule has 0 aliphatic heterocycles. The molecule has 0 bridgehead atoms. The number of benzene rings is 1. The third-order valence-corrected chi connectivity index (χ3v) is 4.78. The second-order valence-corrected chi connectivity index (χ2v) is 6.49. The topological polar surface area (TPSA) is 72.7 Å². The fourth-order valence-electron chi connectivity index (χ4n) is 2.45. The maximum atomic E-state index is 13.8. The SMILES string of the molecule is CCn1c(SCC(=O)Nc2ccccc2)nnc1-c1cncc(F)c1C. The fourth-order valence-corrected chi connectivity index (χ4v) is 3.26. The molecule has 0 radical (unpaired) electrons. The average Bonchev–Trinajstić information content (AvgIpc) is 3.06. The van der Waals surface area contributed by atoms with E-state index in [1.165, 1.54) is 18.0 Å². The van der Waals surface area contributed by atoms with Gasteiger partial charge in [0.25, 0.3) is 0 Å². The maximum Gasteiger partial charge on any atom is 0.234 e. The first-order valence-electron chi connectivity index (χ1n) is 8.11. The van der Waals surface area contributed by atoms with Crippen LogP contribution in [0.25, 0.3) is 11.4 Å². The van der Waals surface area contributed by atoms with Gasteiger partial charge in [0.15, 0.2) is 11.0 Å². The zero-order chi connectivity index (χ0) is 18.5. The number of thioether (sulfide) groups is 1. The van der Waals surface area contributed by atoms with E-state index in [4.69, 9.17) is 0 Å². The summed E-state index contributed by atoms with van der Waals surface area (Å²) in [5.41, 5.74) is 1.82. The first-order valence-corrected chi connectivity index (χ1v) is 9.10.